The molecule has 6 heteroatoms. The SMILES string of the molecule is FC(F)(F)c1cc(Cl)c2ccc(CBr)cc2n1. The zero-order valence-corrected chi connectivity index (χ0v) is 10.7. The number of rotatable bonds is 1. The highest BCUT2D eigenvalue weighted by Gasteiger charge is 2.33. The zero-order valence-electron chi connectivity index (χ0n) is 8.35. The van der Waals surface area contributed by atoms with Crippen LogP contribution in [0.2, 0.25) is 5.02 Å². The molecule has 0 aliphatic carbocycles. The number of aromatic nitrogens is 1. The average molecular weight is 325 g/mol. The smallest absolute Gasteiger partial charge is 0.243 e. The van der Waals surface area contributed by atoms with Gasteiger partial charge >= 0.3 is 6.18 Å². The lowest BCUT2D eigenvalue weighted by molar-refractivity contribution is -0.140. The summed E-state index contributed by atoms with van der Waals surface area (Å²) in [6, 6.07) is 5.89. The third kappa shape index (κ3) is 2.55. The molecule has 0 amide bonds. The maximum absolute atomic E-state index is 12.5. The van der Waals surface area contributed by atoms with Gasteiger partial charge in [0.2, 0.25) is 0 Å². The molecule has 17 heavy (non-hydrogen) atoms. The van der Waals surface area contributed by atoms with E-state index in [9.17, 15) is 13.2 Å². The lowest BCUT2D eigenvalue weighted by Crippen LogP contribution is -2.08. The molecule has 2 rings (SSSR count). The van der Waals surface area contributed by atoms with Crippen molar-refractivity contribution in [2.24, 2.45) is 0 Å². The molecule has 0 fully saturated rings. The number of hydrogen-bond donors (Lipinski definition) is 0. The maximum Gasteiger partial charge on any atom is 0.433 e. The molecule has 0 aliphatic rings. The highest BCUT2D eigenvalue weighted by Crippen LogP contribution is 2.33. The molecular weight excluding hydrogens is 318 g/mol. The van der Waals surface area contributed by atoms with E-state index in [0.717, 1.165) is 11.6 Å². The first-order chi connectivity index (χ1) is 7.91. The number of fused-ring (bicyclic) bond motifs is 1. The van der Waals surface area contributed by atoms with Crippen LogP contribution in [0.4, 0.5) is 13.2 Å². The van der Waals surface area contributed by atoms with Crippen molar-refractivity contribution in [1.82, 2.24) is 4.98 Å². The third-order valence-electron chi connectivity index (χ3n) is 2.27. The van der Waals surface area contributed by atoms with Gasteiger partial charge in [0.1, 0.15) is 5.69 Å². The van der Waals surface area contributed by atoms with E-state index >= 15 is 0 Å². The molecule has 0 N–H and O–H groups in total. The van der Waals surface area contributed by atoms with Gasteiger partial charge in [0.15, 0.2) is 0 Å². The Morgan fingerprint density at radius 1 is 1.24 bits per heavy atom. The second kappa shape index (κ2) is 4.46. The van der Waals surface area contributed by atoms with Gasteiger partial charge in [-0.05, 0) is 17.7 Å². The van der Waals surface area contributed by atoms with Crippen molar-refractivity contribution >= 4 is 38.4 Å². The summed E-state index contributed by atoms with van der Waals surface area (Å²) < 4.78 is 37.6. The molecule has 1 aromatic carbocycles. The number of alkyl halides is 4. The first-order valence-corrected chi connectivity index (χ1v) is 6.14. The first kappa shape index (κ1) is 12.6. The Labute approximate surface area is 109 Å². The largest absolute Gasteiger partial charge is 0.433 e. The van der Waals surface area contributed by atoms with Gasteiger partial charge in [0.25, 0.3) is 0 Å². The molecule has 1 aromatic heterocycles. The molecule has 0 atom stereocenters. The lowest BCUT2D eigenvalue weighted by Gasteiger charge is -2.09. The number of hydrogen-bond acceptors (Lipinski definition) is 1. The van der Waals surface area contributed by atoms with Gasteiger partial charge in [0, 0.05) is 10.7 Å². The predicted molar refractivity (Wildman–Crippen MR) is 64.4 cm³/mol. The van der Waals surface area contributed by atoms with Crippen LogP contribution in [0.1, 0.15) is 11.3 Å². The Balaban J connectivity index is 2.70. The van der Waals surface area contributed by atoms with Crippen LogP contribution in [0.25, 0.3) is 10.9 Å². The van der Waals surface area contributed by atoms with Gasteiger partial charge in [-0.1, -0.05) is 39.7 Å². The molecule has 0 saturated heterocycles. The Hall–Kier alpha value is -0.810. The fraction of sp³-hybridized carbons (Fsp3) is 0.182. The molecule has 0 bridgehead atoms. The molecule has 0 saturated carbocycles. The molecular formula is C11H6BrClF3N. The van der Waals surface area contributed by atoms with Crippen LogP contribution in [-0.2, 0) is 11.5 Å². The minimum Gasteiger partial charge on any atom is -0.243 e. The molecule has 2 aromatic rings. The molecule has 0 unspecified atom stereocenters. The van der Waals surface area contributed by atoms with E-state index in [-0.39, 0.29) is 10.5 Å². The van der Waals surface area contributed by atoms with E-state index in [0.29, 0.717) is 10.7 Å². The van der Waals surface area contributed by atoms with Crippen molar-refractivity contribution in [2.45, 2.75) is 11.5 Å². The normalized spacial score (nSPS) is 12.1. The average Bonchev–Trinajstić information content (AvgIpc) is 2.27. The van der Waals surface area contributed by atoms with E-state index in [1.165, 1.54) is 0 Å². The summed E-state index contributed by atoms with van der Waals surface area (Å²) in [5.41, 5.74) is 0.129. The fourth-order valence-electron chi connectivity index (χ4n) is 1.46. The van der Waals surface area contributed by atoms with Gasteiger partial charge in [-0.2, -0.15) is 13.2 Å². The van der Waals surface area contributed by atoms with Gasteiger partial charge in [-0.25, -0.2) is 4.98 Å². The third-order valence-corrected chi connectivity index (χ3v) is 3.23. The summed E-state index contributed by atoms with van der Waals surface area (Å²) >= 11 is 9.05. The Morgan fingerprint density at radius 2 is 1.94 bits per heavy atom. The molecule has 0 radical (unpaired) electrons. The van der Waals surface area contributed by atoms with E-state index in [2.05, 4.69) is 20.9 Å². The standard InChI is InChI=1S/C11H6BrClF3N/c12-5-6-1-2-7-8(13)4-10(11(14,15)16)17-9(7)3-6/h1-4H,5H2. The van der Waals surface area contributed by atoms with E-state index < -0.39 is 11.9 Å². The summed E-state index contributed by atoms with van der Waals surface area (Å²) in [4.78, 5) is 3.59. The Morgan fingerprint density at radius 3 is 2.53 bits per heavy atom. The maximum atomic E-state index is 12.5. The highest BCUT2D eigenvalue weighted by molar-refractivity contribution is 9.08. The summed E-state index contributed by atoms with van der Waals surface area (Å²) in [5, 5.41) is 1.13. The van der Waals surface area contributed by atoms with Crippen molar-refractivity contribution in [1.29, 1.82) is 0 Å². The van der Waals surface area contributed by atoms with Crippen LogP contribution < -0.4 is 0 Å². The van der Waals surface area contributed by atoms with Gasteiger partial charge in [0.05, 0.1) is 10.5 Å². The van der Waals surface area contributed by atoms with Crippen LogP contribution in [0.3, 0.4) is 0 Å². The van der Waals surface area contributed by atoms with Gasteiger partial charge < -0.3 is 0 Å². The van der Waals surface area contributed by atoms with Crippen LogP contribution in [0.15, 0.2) is 24.3 Å². The van der Waals surface area contributed by atoms with E-state index in [4.69, 9.17) is 11.6 Å². The first-order valence-electron chi connectivity index (χ1n) is 4.64. The van der Waals surface area contributed by atoms with Crippen molar-refractivity contribution in [2.75, 3.05) is 0 Å². The monoisotopic (exact) mass is 323 g/mol. The molecule has 1 nitrogen and oxygen atoms in total. The van der Waals surface area contributed by atoms with Crippen molar-refractivity contribution in [3.8, 4) is 0 Å². The predicted octanol–water partition coefficient (Wildman–Crippen LogP) is 4.80. The van der Waals surface area contributed by atoms with Gasteiger partial charge in [-0.3, -0.25) is 0 Å². The van der Waals surface area contributed by atoms with Gasteiger partial charge in [-0.15, -0.1) is 0 Å². The molecule has 0 aliphatic heterocycles. The summed E-state index contributed by atoms with van der Waals surface area (Å²) in [6.45, 7) is 0. The number of nitrogens with zero attached hydrogens (tertiary/aromatic N) is 1. The zero-order chi connectivity index (χ0) is 12.6. The van der Waals surface area contributed by atoms with E-state index in [1.807, 2.05) is 0 Å². The Kier molecular flexibility index (Phi) is 3.32. The topological polar surface area (TPSA) is 12.9 Å². The van der Waals surface area contributed by atoms with Crippen molar-refractivity contribution in [3.05, 3.63) is 40.5 Å². The molecule has 0 spiro atoms. The molecule has 1 heterocycles. The van der Waals surface area contributed by atoms with Crippen molar-refractivity contribution in [3.63, 3.8) is 0 Å². The minimum atomic E-state index is -4.48. The van der Waals surface area contributed by atoms with E-state index in [1.54, 1.807) is 18.2 Å². The summed E-state index contributed by atoms with van der Waals surface area (Å²) in [7, 11) is 0. The van der Waals surface area contributed by atoms with Crippen LogP contribution in [0.5, 0.6) is 0 Å². The fourth-order valence-corrected chi connectivity index (χ4v) is 2.07. The van der Waals surface area contributed by atoms with Crippen LogP contribution in [0, 0.1) is 0 Å². The van der Waals surface area contributed by atoms with Crippen molar-refractivity contribution < 1.29 is 13.2 Å². The van der Waals surface area contributed by atoms with Crippen LogP contribution >= 0.6 is 27.5 Å². The lowest BCUT2D eigenvalue weighted by atomic mass is 10.1. The second-order valence-corrected chi connectivity index (χ2v) is 4.44. The quantitative estimate of drug-likeness (QED) is 0.687. The number of benzene rings is 1. The summed E-state index contributed by atoms with van der Waals surface area (Å²) in [6.07, 6.45) is -4.48. The molecule has 90 valence electrons. The van der Waals surface area contributed by atoms with Crippen LogP contribution in [-0.4, -0.2) is 4.98 Å². The minimum absolute atomic E-state index is 0.0587. The Bertz CT molecular complexity index is 568. The second-order valence-electron chi connectivity index (χ2n) is 3.47. The summed E-state index contributed by atoms with van der Waals surface area (Å²) in [5.74, 6) is 0. The highest BCUT2D eigenvalue weighted by atomic mass is 79.9. The number of halogens is 5. The number of pyridine rings is 1.